The maximum Gasteiger partial charge on any atom is 0.307 e. The average Bonchev–Trinajstić information content (AvgIpc) is 2.70. The highest BCUT2D eigenvalue weighted by Crippen LogP contribution is 2.44. The van der Waals surface area contributed by atoms with E-state index in [9.17, 15) is 4.79 Å². The SMILES string of the molecule is CCOC(=O)CCN(C(OC)c1ccc(NC)c(N)c1)C1(CC)CC(C)(C)CC=N1. The van der Waals surface area contributed by atoms with Crippen molar-refractivity contribution in [1.29, 1.82) is 0 Å². The molecule has 1 aliphatic heterocycles. The van der Waals surface area contributed by atoms with Crippen molar-refractivity contribution < 1.29 is 14.3 Å². The van der Waals surface area contributed by atoms with E-state index in [0.717, 1.165) is 30.5 Å². The number of benzene rings is 1. The van der Waals surface area contributed by atoms with Gasteiger partial charge in [0.15, 0.2) is 0 Å². The number of nitrogens with two attached hydrogens (primary N) is 1. The summed E-state index contributed by atoms with van der Waals surface area (Å²) >= 11 is 0. The highest BCUT2D eigenvalue weighted by Gasteiger charge is 2.45. The van der Waals surface area contributed by atoms with E-state index in [4.69, 9.17) is 20.2 Å². The maximum absolute atomic E-state index is 12.2. The molecular formula is C23H38N4O3. The monoisotopic (exact) mass is 418 g/mol. The van der Waals surface area contributed by atoms with Gasteiger partial charge in [0.05, 0.1) is 24.4 Å². The third-order valence-corrected chi connectivity index (χ3v) is 5.84. The zero-order chi connectivity index (χ0) is 22.4. The summed E-state index contributed by atoms with van der Waals surface area (Å²) in [4.78, 5) is 19.4. The number of esters is 1. The van der Waals surface area contributed by atoms with E-state index in [2.05, 4.69) is 31.0 Å². The van der Waals surface area contributed by atoms with Crippen LogP contribution in [0.5, 0.6) is 0 Å². The van der Waals surface area contributed by atoms with Gasteiger partial charge in [-0.05, 0) is 49.3 Å². The fraction of sp³-hybridized carbons (Fsp3) is 0.652. The lowest BCUT2D eigenvalue weighted by atomic mass is 9.76. The minimum absolute atomic E-state index is 0.104. The molecule has 0 aliphatic carbocycles. The average molecular weight is 419 g/mol. The first kappa shape index (κ1) is 24.2. The van der Waals surface area contributed by atoms with Crippen molar-refractivity contribution in [3.63, 3.8) is 0 Å². The van der Waals surface area contributed by atoms with Crippen molar-refractivity contribution in [2.75, 3.05) is 38.4 Å². The quantitative estimate of drug-likeness (QED) is 0.336. The van der Waals surface area contributed by atoms with Crippen molar-refractivity contribution in [3.8, 4) is 0 Å². The van der Waals surface area contributed by atoms with Crippen LogP contribution in [0.1, 0.15) is 65.2 Å². The molecule has 0 bridgehead atoms. The van der Waals surface area contributed by atoms with Crippen LogP contribution in [0.4, 0.5) is 11.4 Å². The molecule has 7 nitrogen and oxygen atoms in total. The molecule has 1 heterocycles. The van der Waals surface area contributed by atoms with Crippen LogP contribution in [0.2, 0.25) is 0 Å². The van der Waals surface area contributed by atoms with Gasteiger partial charge in [-0.3, -0.25) is 9.79 Å². The second-order valence-electron chi connectivity index (χ2n) is 8.63. The number of hydrogen-bond donors (Lipinski definition) is 2. The van der Waals surface area contributed by atoms with Crippen molar-refractivity contribution >= 4 is 23.6 Å². The number of aliphatic imine (C=N–C) groups is 1. The summed E-state index contributed by atoms with van der Waals surface area (Å²) in [6.07, 6.45) is 4.52. The first-order chi connectivity index (χ1) is 14.2. The number of nitrogen functional groups attached to an aromatic ring is 1. The Morgan fingerprint density at radius 1 is 1.37 bits per heavy atom. The van der Waals surface area contributed by atoms with Gasteiger partial charge in [-0.25, -0.2) is 4.90 Å². The van der Waals surface area contributed by atoms with E-state index in [1.807, 2.05) is 38.4 Å². The molecule has 1 aliphatic rings. The molecule has 0 saturated carbocycles. The zero-order valence-corrected chi connectivity index (χ0v) is 19.3. The molecule has 0 radical (unpaired) electrons. The fourth-order valence-electron chi connectivity index (χ4n) is 4.34. The van der Waals surface area contributed by atoms with Gasteiger partial charge in [0, 0.05) is 26.9 Å². The molecule has 0 saturated heterocycles. The van der Waals surface area contributed by atoms with E-state index in [1.54, 1.807) is 7.11 Å². The Kier molecular flexibility index (Phi) is 8.26. The summed E-state index contributed by atoms with van der Waals surface area (Å²) in [7, 11) is 3.53. The molecule has 2 atom stereocenters. The number of hydrogen-bond acceptors (Lipinski definition) is 7. The van der Waals surface area contributed by atoms with Crippen LogP contribution in [-0.4, -0.2) is 50.1 Å². The van der Waals surface area contributed by atoms with Gasteiger partial charge in [0.1, 0.15) is 11.9 Å². The highest BCUT2D eigenvalue weighted by atomic mass is 16.5. The molecule has 1 aromatic carbocycles. The molecule has 0 amide bonds. The Hall–Kier alpha value is -2.12. The molecule has 168 valence electrons. The van der Waals surface area contributed by atoms with Gasteiger partial charge in [-0.2, -0.15) is 0 Å². The van der Waals surface area contributed by atoms with Gasteiger partial charge >= 0.3 is 5.97 Å². The van der Waals surface area contributed by atoms with Crippen LogP contribution in [0, 0.1) is 5.41 Å². The molecule has 2 rings (SSSR count). The lowest BCUT2D eigenvalue weighted by Gasteiger charge is -2.49. The third-order valence-electron chi connectivity index (χ3n) is 5.84. The summed E-state index contributed by atoms with van der Waals surface area (Å²) in [5, 5.41) is 3.09. The topological polar surface area (TPSA) is 89.2 Å². The van der Waals surface area contributed by atoms with Gasteiger partial charge in [0.25, 0.3) is 0 Å². The molecule has 3 N–H and O–H groups in total. The van der Waals surface area contributed by atoms with Crippen molar-refractivity contribution in [2.45, 2.75) is 65.3 Å². The van der Waals surface area contributed by atoms with Gasteiger partial charge in [0.2, 0.25) is 0 Å². The first-order valence-corrected chi connectivity index (χ1v) is 10.8. The van der Waals surface area contributed by atoms with Gasteiger partial charge < -0.3 is 20.5 Å². The summed E-state index contributed by atoms with van der Waals surface area (Å²) in [6.45, 7) is 9.33. The van der Waals surface area contributed by atoms with E-state index in [1.165, 1.54) is 0 Å². The summed E-state index contributed by atoms with van der Waals surface area (Å²) in [5.41, 5.74) is 8.33. The molecule has 1 aromatic rings. The van der Waals surface area contributed by atoms with Crippen LogP contribution in [0.3, 0.4) is 0 Å². The lowest BCUT2D eigenvalue weighted by Crippen LogP contribution is -2.53. The summed E-state index contributed by atoms with van der Waals surface area (Å²) < 4.78 is 11.2. The van der Waals surface area contributed by atoms with Crippen LogP contribution in [0.25, 0.3) is 0 Å². The molecule has 0 fully saturated rings. The molecular weight excluding hydrogens is 380 g/mol. The fourth-order valence-corrected chi connectivity index (χ4v) is 4.34. The molecule has 7 heteroatoms. The smallest absolute Gasteiger partial charge is 0.307 e. The number of carbonyl (C=O) groups excluding carboxylic acids is 1. The molecule has 2 unspecified atom stereocenters. The minimum atomic E-state index is -0.467. The highest BCUT2D eigenvalue weighted by molar-refractivity contribution is 5.69. The normalized spacial score (nSPS) is 21.4. The Morgan fingerprint density at radius 2 is 2.10 bits per heavy atom. The second kappa shape index (κ2) is 10.3. The number of nitrogens with one attached hydrogen (secondary N) is 1. The first-order valence-electron chi connectivity index (χ1n) is 10.8. The number of carbonyl (C=O) groups is 1. The van der Waals surface area contributed by atoms with E-state index >= 15 is 0 Å². The summed E-state index contributed by atoms with van der Waals surface area (Å²) in [6, 6.07) is 5.89. The lowest BCUT2D eigenvalue weighted by molar-refractivity contribution is -0.147. The predicted octanol–water partition coefficient (Wildman–Crippen LogP) is 4.21. The maximum atomic E-state index is 12.2. The van der Waals surface area contributed by atoms with Crippen LogP contribution < -0.4 is 11.1 Å². The standard InChI is InChI=1S/C23H38N4O3/c1-7-23(16-22(3,4)12-13-26-23)27(14-11-20(28)30-8-2)21(29-6)17-9-10-19(25-5)18(24)15-17/h9-10,13,15,21,25H,7-8,11-12,14,16,24H2,1-6H3. The number of nitrogens with zero attached hydrogens (tertiary/aromatic N) is 2. The molecule has 0 aromatic heterocycles. The van der Waals surface area contributed by atoms with E-state index in [-0.39, 0.29) is 17.8 Å². The zero-order valence-electron chi connectivity index (χ0n) is 19.3. The minimum Gasteiger partial charge on any atom is -0.466 e. The molecule has 30 heavy (non-hydrogen) atoms. The number of rotatable bonds is 10. The van der Waals surface area contributed by atoms with Crippen molar-refractivity contribution in [1.82, 2.24) is 4.90 Å². The van der Waals surface area contributed by atoms with Crippen molar-refractivity contribution in [2.24, 2.45) is 10.4 Å². The Labute approximate surface area is 181 Å². The van der Waals surface area contributed by atoms with Crippen LogP contribution in [-0.2, 0) is 14.3 Å². The Bertz CT molecular complexity index is 750. The predicted molar refractivity (Wildman–Crippen MR) is 123 cm³/mol. The van der Waals surface area contributed by atoms with Crippen molar-refractivity contribution in [3.05, 3.63) is 23.8 Å². The summed E-state index contributed by atoms with van der Waals surface area (Å²) in [5.74, 6) is -0.215. The largest absolute Gasteiger partial charge is 0.466 e. The van der Waals surface area contributed by atoms with Gasteiger partial charge in [-0.1, -0.05) is 26.8 Å². The van der Waals surface area contributed by atoms with E-state index in [0.29, 0.717) is 18.8 Å². The third kappa shape index (κ3) is 5.52. The number of ether oxygens (including phenoxy) is 2. The molecule has 0 spiro atoms. The number of methoxy groups -OCH3 is 1. The van der Waals surface area contributed by atoms with E-state index < -0.39 is 11.9 Å². The Morgan fingerprint density at radius 3 is 2.63 bits per heavy atom. The van der Waals surface area contributed by atoms with Crippen LogP contribution >= 0.6 is 0 Å². The Balaban J connectivity index is 2.47. The van der Waals surface area contributed by atoms with Gasteiger partial charge in [-0.15, -0.1) is 0 Å². The second-order valence-corrected chi connectivity index (χ2v) is 8.63. The van der Waals surface area contributed by atoms with Crippen LogP contribution in [0.15, 0.2) is 23.2 Å². The number of anilines is 2.